The van der Waals surface area contributed by atoms with Crippen molar-refractivity contribution in [3.8, 4) is 0 Å². The minimum atomic E-state index is -0.643. The summed E-state index contributed by atoms with van der Waals surface area (Å²) in [7, 11) is 0. The molecule has 0 aliphatic heterocycles. The van der Waals surface area contributed by atoms with Crippen LogP contribution in [-0.2, 0) is 0 Å². The Balaban J connectivity index is 2.40. The van der Waals surface area contributed by atoms with Crippen LogP contribution in [0.15, 0.2) is 39.5 Å². The van der Waals surface area contributed by atoms with Gasteiger partial charge in [-0.05, 0) is 17.8 Å². The first-order chi connectivity index (χ1) is 8.56. The Kier molecular flexibility index (Phi) is 3.28. The van der Waals surface area contributed by atoms with Gasteiger partial charge < -0.3 is 16.5 Å². The molecule has 2 aromatic heterocycles. The van der Waals surface area contributed by atoms with Crippen molar-refractivity contribution < 1.29 is 4.79 Å². The number of anilines is 1. The van der Waals surface area contributed by atoms with Crippen LogP contribution < -0.4 is 17.0 Å². The SMILES string of the molecule is NC(=O)c1cc(N)cnc1Sc1nccc(=O)[nH]1. The van der Waals surface area contributed by atoms with Crippen LogP contribution in [0.4, 0.5) is 5.69 Å². The van der Waals surface area contributed by atoms with Crippen molar-refractivity contribution in [3.63, 3.8) is 0 Å². The molecular formula is C10H9N5O2S. The molecule has 1 amide bonds. The molecule has 0 unspecified atom stereocenters. The van der Waals surface area contributed by atoms with Gasteiger partial charge in [-0.1, -0.05) is 0 Å². The van der Waals surface area contributed by atoms with E-state index in [9.17, 15) is 9.59 Å². The Morgan fingerprint density at radius 2 is 2.17 bits per heavy atom. The Morgan fingerprint density at radius 3 is 2.83 bits per heavy atom. The number of carbonyl (C=O) groups is 1. The number of nitrogens with one attached hydrogen (secondary N) is 1. The molecule has 0 aliphatic carbocycles. The van der Waals surface area contributed by atoms with Crippen LogP contribution in [0.1, 0.15) is 10.4 Å². The van der Waals surface area contributed by atoms with E-state index < -0.39 is 5.91 Å². The Bertz CT molecular complexity index is 655. The zero-order valence-corrected chi connectivity index (χ0v) is 9.90. The van der Waals surface area contributed by atoms with Gasteiger partial charge in [0.05, 0.1) is 17.4 Å². The fourth-order valence-electron chi connectivity index (χ4n) is 1.22. The minimum Gasteiger partial charge on any atom is -0.397 e. The standard InChI is InChI=1S/C10H9N5O2S/c11-5-3-6(8(12)17)9(14-4-5)18-10-13-2-1-7(16)15-10/h1-4H,11H2,(H2,12,17)(H,13,15,16). The third-order valence-electron chi connectivity index (χ3n) is 1.98. The quantitative estimate of drug-likeness (QED) is 0.668. The molecule has 0 fully saturated rings. The molecule has 0 spiro atoms. The number of nitrogen functional groups attached to an aromatic ring is 1. The third-order valence-corrected chi connectivity index (χ3v) is 2.90. The fraction of sp³-hybridized carbons (Fsp3) is 0. The highest BCUT2D eigenvalue weighted by Gasteiger charge is 2.12. The molecule has 0 bridgehead atoms. The number of aromatic amines is 1. The summed E-state index contributed by atoms with van der Waals surface area (Å²) in [5.74, 6) is -0.643. The average Bonchev–Trinajstić information content (AvgIpc) is 2.31. The van der Waals surface area contributed by atoms with Crippen LogP contribution >= 0.6 is 11.8 Å². The fourth-order valence-corrected chi connectivity index (χ4v) is 2.04. The van der Waals surface area contributed by atoms with E-state index in [-0.39, 0.29) is 11.1 Å². The molecule has 2 rings (SSSR count). The molecule has 0 saturated heterocycles. The number of primary amides is 1. The van der Waals surface area contributed by atoms with Crippen molar-refractivity contribution in [1.82, 2.24) is 15.0 Å². The number of nitrogens with zero attached hydrogens (tertiary/aromatic N) is 2. The maximum absolute atomic E-state index is 11.3. The lowest BCUT2D eigenvalue weighted by atomic mass is 10.2. The van der Waals surface area contributed by atoms with Gasteiger partial charge in [0.15, 0.2) is 5.16 Å². The average molecular weight is 263 g/mol. The molecule has 5 N–H and O–H groups in total. The van der Waals surface area contributed by atoms with E-state index in [1.54, 1.807) is 0 Å². The molecule has 0 atom stereocenters. The lowest BCUT2D eigenvalue weighted by Gasteiger charge is -2.05. The molecule has 18 heavy (non-hydrogen) atoms. The van der Waals surface area contributed by atoms with Gasteiger partial charge in [-0.2, -0.15) is 0 Å². The molecule has 92 valence electrons. The highest BCUT2D eigenvalue weighted by atomic mass is 32.2. The summed E-state index contributed by atoms with van der Waals surface area (Å²) >= 11 is 1.03. The zero-order valence-electron chi connectivity index (χ0n) is 9.08. The van der Waals surface area contributed by atoms with Crippen LogP contribution in [0.25, 0.3) is 0 Å². The van der Waals surface area contributed by atoms with Crippen molar-refractivity contribution in [2.24, 2.45) is 5.73 Å². The van der Waals surface area contributed by atoms with E-state index in [0.29, 0.717) is 15.9 Å². The van der Waals surface area contributed by atoms with Gasteiger partial charge in [0.2, 0.25) is 0 Å². The van der Waals surface area contributed by atoms with Gasteiger partial charge in [0, 0.05) is 12.3 Å². The highest BCUT2D eigenvalue weighted by molar-refractivity contribution is 7.99. The number of amides is 1. The van der Waals surface area contributed by atoms with Crippen LogP contribution in [0.2, 0.25) is 0 Å². The summed E-state index contributed by atoms with van der Waals surface area (Å²) in [5.41, 5.74) is 11.0. The Labute approximate surface area is 106 Å². The van der Waals surface area contributed by atoms with Gasteiger partial charge >= 0.3 is 0 Å². The van der Waals surface area contributed by atoms with Gasteiger partial charge in [0.1, 0.15) is 5.03 Å². The molecule has 0 aromatic carbocycles. The smallest absolute Gasteiger partial charge is 0.251 e. The second kappa shape index (κ2) is 4.88. The topological polar surface area (TPSA) is 128 Å². The number of H-pyrrole nitrogens is 1. The van der Waals surface area contributed by atoms with E-state index in [1.807, 2.05) is 0 Å². The third kappa shape index (κ3) is 2.66. The van der Waals surface area contributed by atoms with Gasteiger partial charge in [-0.15, -0.1) is 0 Å². The van der Waals surface area contributed by atoms with Crippen molar-refractivity contribution in [3.05, 3.63) is 40.4 Å². The lowest BCUT2D eigenvalue weighted by molar-refractivity contribution is 0.0997. The monoisotopic (exact) mass is 263 g/mol. The molecule has 8 heteroatoms. The van der Waals surface area contributed by atoms with Crippen LogP contribution in [0.5, 0.6) is 0 Å². The Morgan fingerprint density at radius 1 is 1.39 bits per heavy atom. The number of pyridine rings is 1. The zero-order chi connectivity index (χ0) is 13.1. The van der Waals surface area contributed by atoms with Crippen molar-refractivity contribution in [1.29, 1.82) is 0 Å². The van der Waals surface area contributed by atoms with E-state index >= 15 is 0 Å². The van der Waals surface area contributed by atoms with Gasteiger partial charge in [-0.3, -0.25) is 9.59 Å². The maximum atomic E-state index is 11.3. The van der Waals surface area contributed by atoms with E-state index in [4.69, 9.17) is 11.5 Å². The second-order valence-electron chi connectivity index (χ2n) is 3.33. The number of rotatable bonds is 3. The predicted molar refractivity (Wildman–Crippen MR) is 66.1 cm³/mol. The summed E-state index contributed by atoms with van der Waals surface area (Å²) in [6, 6.07) is 2.72. The lowest BCUT2D eigenvalue weighted by Crippen LogP contribution is -2.14. The molecule has 2 heterocycles. The minimum absolute atomic E-state index is 0.187. The summed E-state index contributed by atoms with van der Waals surface area (Å²) in [6.07, 6.45) is 2.76. The second-order valence-corrected chi connectivity index (χ2v) is 4.30. The largest absolute Gasteiger partial charge is 0.397 e. The van der Waals surface area contributed by atoms with Crippen LogP contribution in [0, 0.1) is 0 Å². The normalized spacial score (nSPS) is 10.2. The summed E-state index contributed by atoms with van der Waals surface area (Å²) < 4.78 is 0. The van der Waals surface area contributed by atoms with Crippen LogP contribution in [0.3, 0.4) is 0 Å². The molecule has 2 aromatic rings. The first-order valence-electron chi connectivity index (χ1n) is 4.85. The van der Waals surface area contributed by atoms with Gasteiger partial charge in [-0.25, -0.2) is 9.97 Å². The molecular weight excluding hydrogens is 254 g/mol. The van der Waals surface area contributed by atoms with Crippen LogP contribution in [-0.4, -0.2) is 20.9 Å². The number of hydrogen-bond donors (Lipinski definition) is 3. The van der Waals surface area contributed by atoms with Gasteiger partial charge in [0.25, 0.3) is 11.5 Å². The van der Waals surface area contributed by atoms with E-state index in [2.05, 4.69) is 15.0 Å². The maximum Gasteiger partial charge on any atom is 0.251 e. The van der Waals surface area contributed by atoms with Crippen molar-refractivity contribution in [2.45, 2.75) is 10.2 Å². The van der Waals surface area contributed by atoms with E-state index in [0.717, 1.165) is 11.8 Å². The first kappa shape index (κ1) is 12.1. The molecule has 0 saturated carbocycles. The summed E-state index contributed by atoms with van der Waals surface area (Å²) in [4.78, 5) is 32.8. The van der Waals surface area contributed by atoms with Crippen molar-refractivity contribution in [2.75, 3.05) is 5.73 Å². The molecule has 0 aliphatic rings. The number of carbonyl (C=O) groups excluding carboxylic acids is 1. The Hall–Kier alpha value is -2.35. The first-order valence-corrected chi connectivity index (χ1v) is 5.66. The van der Waals surface area contributed by atoms with E-state index in [1.165, 1.54) is 24.5 Å². The number of hydrogen-bond acceptors (Lipinski definition) is 6. The van der Waals surface area contributed by atoms with Crippen molar-refractivity contribution >= 4 is 23.4 Å². The predicted octanol–water partition coefficient (Wildman–Crippen LogP) is -0.00280. The summed E-state index contributed by atoms with van der Waals surface area (Å²) in [6.45, 7) is 0. The molecule has 0 radical (unpaired) electrons. The highest BCUT2D eigenvalue weighted by Crippen LogP contribution is 2.25. The number of aromatic nitrogens is 3. The molecule has 7 nitrogen and oxygen atoms in total. The number of nitrogens with two attached hydrogens (primary N) is 2. The summed E-state index contributed by atoms with van der Waals surface area (Å²) in [5, 5.41) is 0.660.